The van der Waals surface area contributed by atoms with Crippen molar-refractivity contribution in [3.05, 3.63) is 0 Å². The van der Waals surface area contributed by atoms with E-state index in [1.165, 1.54) is 0 Å². The molecule has 1 unspecified atom stereocenters. The molecule has 1 saturated heterocycles. The van der Waals surface area contributed by atoms with Crippen LogP contribution in [0.3, 0.4) is 0 Å². The summed E-state index contributed by atoms with van der Waals surface area (Å²) < 4.78 is 0. The second-order valence-corrected chi connectivity index (χ2v) is 3.84. The lowest BCUT2D eigenvalue weighted by Crippen LogP contribution is -2.51. The van der Waals surface area contributed by atoms with E-state index in [4.69, 9.17) is 35.9 Å². The summed E-state index contributed by atoms with van der Waals surface area (Å²) in [6.07, 6.45) is 3.25. The van der Waals surface area contributed by atoms with E-state index in [0.717, 1.165) is 25.8 Å². The van der Waals surface area contributed by atoms with Crippen LogP contribution in [0.2, 0.25) is 0 Å². The first-order valence-electron chi connectivity index (χ1n) is 3.98. The van der Waals surface area contributed by atoms with Crippen LogP contribution in [0.15, 0.2) is 0 Å². The summed E-state index contributed by atoms with van der Waals surface area (Å²) in [5.41, 5.74) is 11.1. The van der Waals surface area contributed by atoms with Crippen molar-refractivity contribution in [2.24, 2.45) is 11.5 Å². The van der Waals surface area contributed by atoms with E-state index in [-0.39, 0.29) is 6.04 Å². The third-order valence-electron chi connectivity index (χ3n) is 2.11. The number of thiocarbonyl (C=S) groups is 2. The maximum absolute atomic E-state index is 5.57. The van der Waals surface area contributed by atoms with Gasteiger partial charge in [-0.15, -0.1) is 0 Å². The van der Waals surface area contributed by atoms with Crippen molar-refractivity contribution < 1.29 is 0 Å². The summed E-state index contributed by atoms with van der Waals surface area (Å²) >= 11 is 9.83. The highest BCUT2D eigenvalue weighted by Gasteiger charge is 2.24. The van der Waals surface area contributed by atoms with Gasteiger partial charge < -0.3 is 16.4 Å². The molecule has 1 heterocycles. The smallest absolute Gasteiger partial charge is 0.166 e. The molecule has 0 aromatic heterocycles. The first kappa shape index (κ1) is 9.67. The molecule has 68 valence electrons. The fourth-order valence-corrected chi connectivity index (χ4v) is 1.95. The van der Waals surface area contributed by atoms with E-state index in [1.807, 2.05) is 4.90 Å². The Morgan fingerprint density at radius 2 is 1.92 bits per heavy atom. The first-order chi connectivity index (χ1) is 5.63. The van der Waals surface area contributed by atoms with Gasteiger partial charge in [0, 0.05) is 6.54 Å². The molecule has 4 N–H and O–H groups in total. The first-order valence-corrected chi connectivity index (χ1v) is 4.80. The lowest BCUT2D eigenvalue weighted by molar-refractivity contribution is 0.300. The van der Waals surface area contributed by atoms with Crippen LogP contribution in [0.5, 0.6) is 0 Å². The van der Waals surface area contributed by atoms with Gasteiger partial charge in [-0.3, -0.25) is 0 Å². The number of nitrogens with zero attached hydrogens (tertiary/aromatic N) is 1. The summed E-state index contributed by atoms with van der Waals surface area (Å²) in [4.78, 5) is 2.42. The van der Waals surface area contributed by atoms with Gasteiger partial charge in [-0.05, 0) is 31.5 Å². The van der Waals surface area contributed by atoms with Gasteiger partial charge >= 0.3 is 0 Å². The molecule has 1 atom stereocenters. The van der Waals surface area contributed by atoms with Crippen molar-refractivity contribution in [1.82, 2.24) is 4.90 Å². The number of hydrogen-bond donors (Lipinski definition) is 2. The highest BCUT2D eigenvalue weighted by molar-refractivity contribution is 7.80. The molecule has 1 aliphatic heterocycles. The van der Waals surface area contributed by atoms with Crippen LogP contribution in [0.1, 0.15) is 19.3 Å². The third-order valence-corrected chi connectivity index (χ3v) is 2.62. The topological polar surface area (TPSA) is 55.3 Å². The molecule has 5 heteroatoms. The minimum Gasteiger partial charge on any atom is -0.392 e. The van der Waals surface area contributed by atoms with E-state index < -0.39 is 0 Å². The minimum atomic E-state index is 0.0891. The second kappa shape index (κ2) is 4.00. The highest BCUT2D eigenvalue weighted by atomic mass is 32.1. The molecule has 0 radical (unpaired) electrons. The van der Waals surface area contributed by atoms with E-state index in [9.17, 15) is 0 Å². The SMILES string of the molecule is NC(=S)C1CCCCN1C(N)=S. The number of likely N-dealkylation sites (tertiary alicyclic amines) is 1. The third kappa shape index (κ3) is 2.04. The molecular formula is C7H13N3S2. The average Bonchev–Trinajstić information content (AvgIpc) is 2.04. The minimum absolute atomic E-state index is 0.0891. The van der Waals surface area contributed by atoms with Crippen LogP contribution < -0.4 is 11.5 Å². The van der Waals surface area contributed by atoms with Crippen LogP contribution in [-0.4, -0.2) is 27.6 Å². The van der Waals surface area contributed by atoms with Crippen molar-refractivity contribution in [3.63, 3.8) is 0 Å². The lowest BCUT2D eigenvalue weighted by atomic mass is 10.0. The molecule has 0 aliphatic carbocycles. The normalized spacial score (nSPS) is 23.7. The molecular weight excluding hydrogens is 190 g/mol. The zero-order valence-electron chi connectivity index (χ0n) is 6.82. The maximum atomic E-state index is 5.57. The number of nitrogens with two attached hydrogens (primary N) is 2. The number of hydrogen-bond acceptors (Lipinski definition) is 2. The highest BCUT2D eigenvalue weighted by Crippen LogP contribution is 2.16. The summed E-state index contributed by atoms with van der Waals surface area (Å²) in [6, 6.07) is 0.0891. The van der Waals surface area contributed by atoms with E-state index in [0.29, 0.717) is 10.1 Å². The fourth-order valence-electron chi connectivity index (χ4n) is 1.49. The van der Waals surface area contributed by atoms with Crippen molar-refractivity contribution in [2.75, 3.05) is 6.54 Å². The molecule has 1 fully saturated rings. The van der Waals surface area contributed by atoms with Crippen molar-refractivity contribution >= 4 is 34.5 Å². The average molecular weight is 203 g/mol. The Labute approximate surface area is 83.1 Å². The van der Waals surface area contributed by atoms with E-state index in [1.54, 1.807) is 0 Å². The van der Waals surface area contributed by atoms with E-state index >= 15 is 0 Å². The quantitative estimate of drug-likeness (QED) is 0.603. The zero-order chi connectivity index (χ0) is 9.14. The molecule has 1 aliphatic rings. The Morgan fingerprint density at radius 3 is 2.33 bits per heavy atom. The van der Waals surface area contributed by atoms with Gasteiger partial charge in [0.05, 0.1) is 11.0 Å². The lowest BCUT2D eigenvalue weighted by Gasteiger charge is -2.35. The van der Waals surface area contributed by atoms with Gasteiger partial charge in [0.15, 0.2) is 5.11 Å². The summed E-state index contributed by atoms with van der Waals surface area (Å²) in [6.45, 7) is 0.886. The van der Waals surface area contributed by atoms with Gasteiger partial charge in [-0.1, -0.05) is 12.2 Å². The van der Waals surface area contributed by atoms with Gasteiger partial charge in [-0.2, -0.15) is 0 Å². The van der Waals surface area contributed by atoms with Gasteiger partial charge in [0.2, 0.25) is 0 Å². The molecule has 0 amide bonds. The summed E-state index contributed by atoms with van der Waals surface area (Å²) in [5.74, 6) is 0. The van der Waals surface area contributed by atoms with Gasteiger partial charge in [-0.25, -0.2) is 0 Å². The largest absolute Gasteiger partial charge is 0.392 e. The molecule has 1 rings (SSSR count). The molecule has 3 nitrogen and oxygen atoms in total. The maximum Gasteiger partial charge on any atom is 0.166 e. The molecule has 0 aromatic rings. The van der Waals surface area contributed by atoms with Gasteiger partial charge in [0.25, 0.3) is 0 Å². The second-order valence-electron chi connectivity index (χ2n) is 2.95. The predicted octanol–water partition coefficient (Wildman–Crippen LogP) is 0.371. The molecule has 12 heavy (non-hydrogen) atoms. The van der Waals surface area contributed by atoms with Crippen molar-refractivity contribution in [2.45, 2.75) is 25.3 Å². The van der Waals surface area contributed by atoms with Crippen LogP contribution in [0, 0.1) is 0 Å². The molecule has 0 spiro atoms. The Kier molecular flexibility index (Phi) is 3.22. The summed E-state index contributed by atoms with van der Waals surface area (Å²) in [5, 5.41) is 0.410. The van der Waals surface area contributed by atoms with E-state index in [2.05, 4.69) is 0 Å². The summed E-state index contributed by atoms with van der Waals surface area (Å²) in [7, 11) is 0. The monoisotopic (exact) mass is 203 g/mol. The molecule has 0 saturated carbocycles. The Bertz CT molecular complexity index is 183. The standard InChI is InChI=1S/C7H13N3S2/c8-6(11)5-3-1-2-4-10(5)7(9)12/h5H,1-4H2,(H2,8,11)(H2,9,12). The van der Waals surface area contributed by atoms with Crippen molar-refractivity contribution in [1.29, 1.82) is 0 Å². The van der Waals surface area contributed by atoms with Crippen LogP contribution in [-0.2, 0) is 0 Å². The Hall–Kier alpha value is -0.420. The van der Waals surface area contributed by atoms with Crippen LogP contribution in [0.25, 0.3) is 0 Å². The van der Waals surface area contributed by atoms with Crippen LogP contribution >= 0.6 is 24.4 Å². The Morgan fingerprint density at radius 1 is 1.25 bits per heavy atom. The Balaban J connectivity index is 2.67. The molecule has 0 aromatic carbocycles. The number of piperidine rings is 1. The van der Waals surface area contributed by atoms with Crippen molar-refractivity contribution in [3.8, 4) is 0 Å². The fraction of sp³-hybridized carbons (Fsp3) is 0.714. The number of rotatable bonds is 1. The van der Waals surface area contributed by atoms with Crippen LogP contribution in [0.4, 0.5) is 0 Å². The van der Waals surface area contributed by atoms with Gasteiger partial charge in [0.1, 0.15) is 0 Å². The molecule has 0 bridgehead atoms. The predicted molar refractivity (Wildman–Crippen MR) is 57.9 cm³/mol. The zero-order valence-corrected chi connectivity index (χ0v) is 8.46.